The molecular weight excluding hydrogens is 569 g/mol. The minimum atomic E-state index is -0.112. The summed E-state index contributed by atoms with van der Waals surface area (Å²) in [7, 11) is 2.11. The number of hydrogen-bond donors (Lipinski definition) is 2. The molecule has 42 heavy (non-hydrogen) atoms. The van der Waals surface area contributed by atoms with Gasteiger partial charge >= 0.3 is 0 Å². The molecule has 2 fully saturated rings. The van der Waals surface area contributed by atoms with Crippen molar-refractivity contribution in [2.45, 2.75) is 57.0 Å². The van der Waals surface area contributed by atoms with E-state index in [2.05, 4.69) is 29.5 Å². The van der Waals surface area contributed by atoms with E-state index in [1.54, 1.807) is 6.08 Å². The number of thiophene rings is 1. The van der Waals surface area contributed by atoms with Crippen LogP contribution in [0.3, 0.4) is 0 Å². The number of aromatic nitrogens is 2. The van der Waals surface area contributed by atoms with Crippen LogP contribution in [-0.4, -0.2) is 82.5 Å². The number of carbonyl (C=O) groups is 1. The minimum absolute atomic E-state index is 0.0208. The summed E-state index contributed by atoms with van der Waals surface area (Å²) in [5.74, 6) is 1.29. The number of hydrogen-bond acceptors (Lipinski definition) is 11. The lowest BCUT2D eigenvalue weighted by Crippen LogP contribution is -2.54. The first kappa shape index (κ1) is 29.9. The Hall–Kier alpha value is -3.53. The van der Waals surface area contributed by atoms with E-state index in [4.69, 9.17) is 38.4 Å². The molecule has 2 aromatic rings. The number of nitrogen functional groups attached to an aromatic ring is 1. The summed E-state index contributed by atoms with van der Waals surface area (Å²) in [6, 6.07) is 4.43. The average molecular weight is 607 g/mol. The van der Waals surface area contributed by atoms with Crippen LogP contribution in [0.1, 0.15) is 60.4 Å². The molecule has 4 heterocycles. The molecule has 10 nitrogen and oxygen atoms in total. The highest BCUT2D eigenvalue weighted by molar-refractivity contribution is 7.80. The summed E-state index contributed by atoms with van der Waals surface area (Å²) in [5, 5.41) is 10.3. The Morgan fingerprint density at radius 3 is 2.81 bits per heavy atom. The number of rotatable bonds is 8. The summed E-state index contributed by atoms with van der Waals surface area (Å²) >= 11 is 7.37. The molecule has 3 unspecified atom stereocenters. The lowest BCUT2D eigenvalue weighted by atomic mass is 9.83. The number of nitriles is 1. The van der Waals surface area contributed by atoms with E-state index in [0.29, 0.717) is 70.9 Å². The average Bonchev–Trinajstić information content (AvgIpc) is 3.55. The second-order valence-corrected chi connectivity index (χ2v) is 12.9. The van der Waals surface area contributed by atoms with E-state index < -0.39 is 0 Å². The van der Waals surface area contributed by atoms with Gasteiger partial charge in [-0.3, -0.25) is 4.79 Å². The van der Waals surface area contributed by atoms with Gasteiger partial charge in [-0.1, -0.05) is 18.8 Å². The summed E-state index contributed by atoms with van der Waals surface area (Å²) in [4.78, 5) is 29.8. The first-order chi connectivity index (χ1) is 20.2. The maximum atomic E-state index is 12.3. The van der Waals surface area contributed by atoms with Crippen molar-refractivity contribution < 1.29 is 9.53 Å². The van der Waals surface area contributed by atoms with Gasteiger partial charge in [0.25, 0.3) is 0 Å². The zero-order chi connectivity index (χ0) is 30.0. The number of anilines is 2. The largest absolute Gasteiger partial charge is 0.476 e. The Balaban J connectivity index is 1.43. The van der Waals surface area contributed by atoms with Gasteiger partial charge in [0.1, 0.15) is 23.5 Å². The number of thiocarbonyl (C=S) groups is 1. The van der Waals surface area contributed by atoms with Crippen LogP contribution in [0, 0.1) is 11.3 Å². The fourth-order valence-corrected chi connectivity index (χ4v) is 7.64. The lowest BCUT2D eigenvalue weighted by molar-refractivity contribution is -0.128. The van der Waals surface area contributed by atoms with Gasteiger partial charge in [-0.05, 0) is 70.3 Å². The summed E-state index contributed by atoms with van der Waals surface area (Å²) in [6.45, 7) is 8.98. The van der Waals surface area contributed by atoms with Crippen molar-refractivity contribution >= 4 is 50.8 Å². The summed E-state index contributed by atoms with van der Waals surface area (Å²) in [5.41, 5.74) is 14.6. The highest BCUT2D eigenvalue weighted by Crippen LogP contribution is 2.43. The third-order valence-corrected chi connectivity index (χ3v) is 10.00. The van der Waals surface area contributed by atoms with Crippen LogP contribution in [0.25, 0.3) is 5.70 Å². The monoisotopic (exact) mass is 606 g/mol. The van der Waals surface area contributed by atoms with E-state index in [-0.39, 0.29) is 17.9 Å². The molecule has 0 bridgehead atoms. The zero-order valence-electron chi connectivity index (χ0n) is 24.2. The second kappa shape index (κ2) is 12.8. The van der Waals surface area contributed by atoms with Crippen molar-refractivity contribution in [2.24, 2.45) is 5.73 Å². The predicted octanol–water partition coefficient (Wildman–Crippen LogP) is 3.48. The molecule has 4 N–H and O–H groups in total. The van der Waals surface area contributed by atoms with Gasteiger partial charge in [0, 0.05) is 53.4 Å². The first-order valence-corrected chi connectivity index (χ1v) is 15.6. The number of fused-ring (bicyclic) bond motifs is 1. The summed E-state index contributed by atoms with van der Waals surface area (Å²) in [6.07, 6.45) is 8.03. The number of aryl methyl sites for hydroxylation is 1. The molecule has 2 aliphatic heterocycles. The van der Waals surface area contributed by atoms with E-state index in [0.717, 1.165) is 49.1 Å². The molecule has 222 valence electrons. The van der Waals surface area contributed by atoms with Crippen molar-refractivity contribution in [3.8, 4) is 11.9 Å². The fraction of sp³-hybridized carbons (Fsp3) is 0.500. The molecule has 5 rings (SSSR count). The normalized spacial score (nSPS) is 22.9. The molecule has 3 aliphatic rings. The maximum Gasteiger partial charge on any atom is 0.246 e. The highest BCUT2D eigenvalue weighted by atomic mass is 32.1. The number of allylic oxidation sites excluding steroid dienone is 1. The first-order valence-electron chi connectivity index (χ1n) is 14.4. The van der Waals surface area contributed by atoms with E-state index in [1.807, 2.05) is 17.9 Å². The van der Waals surface area contributed by atoms with Crippen molar-refractivity contribution in [3.05, 3.63) is 46.6 Å². The molecule has 2 saturated heterocycles. The molecule has 12 heteroatoms. The number of likely N-dealkylation sites (tertiary alicyclic amines) is 1. The maximum absolute atomic E-state index is 12.3. The standard InChI is InChI=1S/C30H38N8O2S2/c1-4-27(39)38-12-11-37(16-18(38)2)25-14-26(40-17-19-7-6-10-36(19)3)35-30(34-25)22(32)13-23(41)20-8-5-9-24-28(20)21(15-31)29(33)42-24/h4,13-14,18-20H,1,5-12,16-17,32-33H2,2-3H3/b22-13-. The van der Waals surface area contributed by atoms with Gasteiger partial charge in [0.15, 0.2) is 5.82 Å². The van der Waals surface area contributed by atoms with Gasteiger partial charge in [-0.2, -0.15) is 10.2 Å². The van der Waals surface area contributed by atoms with Gasteiger partial charge < -0.3 is 30.9 Å². The lowest BCUT2D eigenvalue weighted by Gasteiger charge is -2.40. The third kappa shape index (κ3) is 6.14. The molecule has 2 aromatic heterocycles. The van der Waals surface area contributed by atoms with Crippen LogP contribution < -0.4 is 21.1 Å². The third-order valence-electron chi connectivity index (χ3n) is 8.50. The van der Waals surface area contributed by atoms with E-state index in [9.17, 15) is 10.1 Å². The number of piperazine rings is 1. The van der Waals surface area contributed by atoms with Crippen molar-refractivity contribution in [1.82, 2.24) is 19.8 Å². The van der Waals surface area contributed by atoms with Gasteiger partial charge in [0.2, 0.25) is 11.8 Å². The van der Waals surface area contributed by atoms with Crippen LogP contribution >= 0.6 is 23.6 Å². The Labute approximate surface area is 256 Å². The van der Waals surface area contributed by atoms with Gasteiger partial charge in [0.05, 0.1) is 11.3 Å². The highest BCUT2D eigenvalue weighted by Gasteiger charge is 2.31. The van der Waals surface area contributed by atoms with E-state index >= 15 is 0 Å². The van der Waals surface area contributed by atoms with E-state index in [1.165, 1.54) is 17.4 Å². The molecule has 0 radical (unpaired) electrons. The quantitative estimate of drug-likeness (QED) is 0.339. The molecule has 3 atom stereocenters. The van der Waals surface area contributed by atoms with Gasteiger partial charge in [-0.25, -0.2) is 4.98 Å². The number of carbonyl (C=O) groups excluding carboxylic acids is 1. The van der Waals surface area contributed by atoms with Gasteiger partial charge in [-0.15, -0.1) is 11.3 Å². The number of nitrogens with two attached hydrogens (primary N) is 2. The van der Waals surface area contributed by atoms with Crippen molar-refractivity contribution in [3.63, 3.8) is 0 Å². The summed E-state index contributed by atoms with van der Waals surface area (Å²) < 4.78 is 6.23. The smallest absolute Gasteiger partial charge is 0.246 e. The zero-order valence-corrected chi connectivity index (χ0v) is 25.8. The number of nitrogens with zero attached hydrogens (tertiary/aromatic N) is 6. The Morgan fingerprint density at radius 1 is 1.31 bits per heavy atom. The number of amides is 1. The second-order valence-electron chi connectivity index (χ2n) is 11.2. The Bertz CT molecular complexity index is 1450. The van der Waals surface area contributed by atoms with Crippen molar-refractivity contribution in [2.75, 3.05) is 50.5 Å². The van der Waals surface area contributed by atoms with Crippen molar-refractivity contribution in [1.29, 1.82) is 5.26 Å². The molecule has 0 aromatic carbocycles. The number of likely N-dealkylation sites (N-methyl/N-ethyl adjacent to an activating group) is 1. The predicted molar refractivity (Wildman–Crippen MR) is 171 cm³/mol. The van der Waals surface area contributed by atoms with Crippen LogP contribution in [0.15, 0.2) is 24.8 Å². The minimum Gasteiger partial charge on any atom is -0.476 e. The molecule has 1 amide bonds. The number of ether oxygens (including phenoxy) is 1. The topological polar surface area (TPSA) is 138 Å². The molecule has 0 saturated carbocycles. The fourth-order valence-electron chi connectivity index (χ4n) is 6.15. The Kier molecular flexibility index (Phi) is 9.11. The van der Waals surface area contributed by atoms with Crippen LogP contribution in [0.4, 0.5) is 10.8 Å². The van der Waals surface area contributed by atoms with Crippen LogP contribution in [0.5, 0.6) is 5.88 Å². The SMILES string of the molecule is C=CC(=O)N1CCN(c2cc(OCC3CCCN3C)nc(/C(N)=C/C(=S)C3CCCc4sc(N)c(C#N)c43)n2)CC1C. The van der Waals surface area contributed by atoms with Crippen LogP contribution in [0.2, 0.25) is 0 Å². The molecular formula is C30H38N8O2S2. The molecule has 1 aliphatic carbocycles. The molecule has 0 spiro atoms. The Morgan fingerprint density at radius 2 is 2.12 bits per heavy atom. The van der Waals surface area contributed by atoms with Crippen LogP contribution in [-0.2, 0) is 11.2 Å².